The molecule has 0 fully saturated rings. The van der Waals surface area contributed by atoms with Crippen molar-refractivity contribution in [3.8, 4) is 0 Å². The molecule has 0 radical (unpaired) electrons. The highest BCUT2D eigenvalue weighted by atomic mass is 32.2. The second-order valence-electron chi connectivity index (χ2n) is 4.17. The first kappa shape index (κ1) is 9.98. The molecule has 0 N–H and O–H groups in total. The largest absolute Gasteiger partial charge is 0.121 e. The Morgan fingerprint density at radius 2 is 1.31 bits per heavy atom. The van der Waals surface area contributed by atoms with Crippen molar-refractivity contribution in [2.45, 2.75) is 23.5 Å². The highest BCUT2D eigenvalue weighted by Gasteiger charge is 2.10. The lowest BCUT2D eigenvalue weighted by Gasteiger charge is -2.16. The van der Waals surface area contributed by atoms with Gasteiger partial charge in [-0.3, -0.25) is 0 Å². The zero-order chi connectivity index (χ0) is 10.8. The van der Waals surface area contributed by atoms with Crippen LogP contribution in [0.5, 0.6) is 0 Å². The third-order valence-corrected chi connectivity index (χ3v) is 4.30. The Morgan fingerprint density at radius 3 is 2.19 bits per heavy atom. The molecule has 0 amide bonds. The van der Waals surface area contributed by atoms with Crippen LogP contribution in [-0.4, -0.2) is 0 Å². The molecule has 80 valence electrons. The topological polar surface area (TPSA) is 0 Å². The lowest BCUT2D eigenvalue weighted by Crippen LogP contribution is -2.00. The van der Waals surface area contributed by atoms with E-state index in [-0.39, 0.29) is 0 Å². The zero-order valence-corrected chi connectivity index (χ0v) is 9.96. The van der Waals surface area contributed by atoms with Crippen LogP contribution in [0.3, 0.4) is 0 Å². The Morgan fingerprint density at radius 1 is 0.688 bits per heavy atom. The monoisotopic (exact) mass is 226 g/mol. The minimum atomic E-state index is 1.10. The van der Waals surface area contributed by atoms with Crippen molar-refractivity contribution in [3.63, 3.8) is 0 Å². The minimum Gasteiger partial charge on any atom is -0.121 e. The van der Waals surface area contributed by atoms with Crippen LogP contribution in [0, 0.1) is 0 Å². The summed E-state index contributed by atoms with van der Waals surface area (Å²) < 4.78 is 0. The van der Waals surface area contributed by atoms with Crippen LogP contribution in [0.2, 0.25) is 0 Å². The molecule has 2 aromatic rings. The van der Waals surface area contributed by atoms with E-state index in [1.165, 1.54) is 34.4 Å². The number of benzene rings is 2. The second kappa shape index (κ2) is 4.34. The highest BCUT2D eigenvalue weighted by Crippen LogP contribution is 2.31. The van der Waals surface area contributed by atoms with Crippen LogP contribution in [0.1, 0.15) is 16.7 Å². The molecular weight excluding hydrogens is 212 g/mol. The summed E-state index contributed by atoms with van der Waals surface area (Å²) in [5.41, 5.74) is 4.52. The van der Waals surface area contributed by atoms with Crippen molar-refractivity contribution < 1.29 is 0 Å². The van der Waals surface area contributed by atoms with Gasteiger partial charge in [0, 0.05) is 10.6 Å². The van der Waals surface area contributed by atoms with Gasteiger partial charge in [0.15, 0.2) is 0 Å². The standard InChI is InChI=1S/C15H14S/c1-2-7-14-11-16-15-8-4-3-6-13(15)10-9-12(14)5-1/h1-8H,9-11H2. The van der Waals surface area contributed by atoms with Crippen molar-refractivity contribution in [2.75, 3.05) is 0 Å². The quantitative estimate of drug-likeness (QED) is 0.652. The highest BCUT2D eigenvalue weighted by molar-refractivity contribution is 7.98. The number of aryl methyl sites for hydroxylation is 2. The van der Waals surface area contributed by atoms with E-state index in [4.69, 9.17) is 0 Å². The van der Waals surface area contributed by atoms with E-state index in [1.807, 2.05) is 11.8 Å². The summed E-state index contributed by atoms with van der Waals surface area (Å²) in [6.45, 7) is 0. The van der Waals surface area contributed by atoms with Crippen molar-refractivity contribution in [2.24, 2.45) is 0 Å². The maximum Gasteiger partial charge on any atom is 0.0234 e. The van der Waals surface area contributed by atoms with Gasteiger partial charge in [0.2, 0.25) is 0 Å². The van der Waals surface area contributed by atoms with Gasteiger partial charge in [-0.1, -0.05) is 42.5 Å². The number of hydrogen-bond donors (Lipinski definition) is 0. The molecule has 0 bridgehead atoms. The molecule has 3 rings (SSSR count). The van der Waals surface area contributed by atoms with Crippen LogP contribution in [0.15, 0.2) is 53.4 Å². The van der Waals surface area contributed by atoms with E-state index in [2.05, 4.69) is 48.5 Å². The molecule has 0 saturated heterocycles. The SMILES string of the molecule is c1ccc2c(c1)CCc1ccccc1SC2. The smallest absolute Gasteiger partial charge is 0.0234 e. The predicted molar refractivity (Wildman–Crippen MR) is 69.9 cm³/mol. The molecule has 0 nitrogen and oxygen atoms in total. The minimum absolute atomic E-state index is 1.10. The van der Waals surface area contributed by atoms with Gasteiger partial charge < -0.3 is 0 Å². The van der Waals surface area contributed by atoms with Crippen LogP contribution in [-0.2, 0) is 18.6 Å². The number of rotatable bonds is 0. The first-order chi connectivity index (χ1) is 7.93. The van der Waals surface area contributed by atoms with Crippen LogP contribution >= 0.6 is 11.8 Å². The molecule has 1 heterocycles. The number of hydrogen-bond acceptors (Lipinski definition) is 1. The Balaban J connectivity index is 1.97. The summed E-state index contributed by atoms with van der Waals surface area (Å²) in [4.78, 5) is 1.46. The van der Waals surface area contributed by atoms with Gasteiger partial charge in [0.05, 0.1) is 0 Å². The first-order valence-electron chi connectivity index (χ1n) is 5.71. The summed E-state index contributed by atoms with van der Waals surface area (Å²) >= 11 is 1.97. The second-order valence-corrected chi connectivity index (χ2v) is 5.18. The number of thioether (sulfide) groups is 1. The van der Waals surface area contributed by atoms with E-state index in [9.17, 15) is 0 Å². The molecule has 1 heteroatoms. The third kappa shape index (κ3) is 1.88. The fourth-order valence-corrected chi connectivity index (χ4v) is 3.34. The van der Waals surface area contributed by atoms with Gasteiger partial charge in [-0.25, -0.2) is 0 Å². The Kier molecular flexibility index (Phi) is 2.71. The maximum atomic E-state index is 2.27. The Hall–Kier alpha value is -1.21. The average Bonchev–Trinajstić information content (AvgIpc) is 2.32. The van der Waals surface area contributed by atoms with Crippen LogP contribution < -0.4 is 0 Å². The van der Waals surface area contributed by atoms with Gasteiger partial charge in [0.25, 0.3) is 0 Å². The molecule has 1 aliphatic heterocycles. The summed E-state index contributed by atoms with van der Waals surface area (Å²) in [6.07, 6.45) is 2.34. The van der Waals surface area contributed by atoms with Gasteiger partial charge in [0.1, 0.15) is 0 Å². The van der Waals surface area contributed by atoms with Gasteiger partial charge in [-0.05, 0) is 35.6 Å². The summed E-state index contributed by atoms with van der Waals surface area (Å²) in [7, 11) is 0. The summed E-state index contributed by atoms with van der Waals surface area (Å²) in [5.74, 6) is 1.10. The third-order valence-electron chi connectivity index (χ3n) is 3.14. The van der Waals surface area contributed by atoms with Crippen molar-refractivity contribution >= 4 is 11.8 Å². The van der Waals surface area contributed by atoms with Crippen molar-refractivity contribution in [3.05, 3.63) is 65.2 Å². The lowest BCUT2D eigenvalue weighted by atomic mass is 10.0. The molecule has 0 aromatic heterocycles. The van der Waals surface area contributed by atoms with E-state index in [0.717, 1.165) is 5.75 Å². The van der Waals surface area contributed by atoms with Gasteiger partial charge in [-0.2, -0.15) is 0 Å². The molecule has 0 saturated carbocycles. The number of fused-ring (bicyclic) bond motifs is 2. The van der Waals surface area contributed by atoms with Gasteiger partial charge in [-0.15, -0.1) is 11.8 Å². The maximum absolute atomic E-state index is 2.27. The van der Waals surface area contributed by atoms with E-state index < -0.39 is 0 Å². The van der Waals surface area contributed by atoms with Crippen molar-refractivity contribution in [1.82, 2.24) is 0 Å². The molecular formula is C15H14S. The van der Waals surface area contributed by atoms with E-state index in [0.29, 0.717) is 0 Å². The summed E-state index contributed by atoms with van der Waals surface area (Å²) in [5, 5.41) is 0. The average molecular weight is 226 g/mol. The fourth-order valence-electron chi connectivity index (χ4n) is 2.22. The van der Waals surface area contributed by atoms with Gasteiger partial charge >= 0.3 is 0 Å². The molecule has 2 aromatic carbocycles. The van der Waals surface area contributed by atoms with Crippen LogP contribution in [0.25, 0.3) is 0 Å². The van der Waals surface area contributed by atoms with E-state index in [1.54, 1.807) is 0 Å². The molecule has 1 aliphatic rings. The summed E-state index contributed by atoms with van der Waals surface area (Å²) in [6, 6.07) is 17.6. The Bertz CT molecular complexity index is 409. The van der Waals surface area contributed by atoms with Crippen molar-refractivity contribution in [1.29, 1.82) is 0 Å². The predicted octanol–water partition coefficient (Wildman–Crippen LogP) is 4.08. The normalized spacial score (nSPS) is 14.5. The molecule has 0 spiro atoms. The molecule has 0 aliphatic carbocycles. The lowest BCUT2D eigenvalue weighted by molar-refractivity contribution is 0.917. The fraction of sp³-hybridized carbons (Fsp3) is 0.200. The first-order valence-corrected chi connectivity index (χ1v) is 6.69. The molecule has 0 atom stereocenters. The molecule has 16 heavy (non-hydrogen) atoms. The molecule has 0 unspecified atom stereocenters. The van der Waals surface area contributed by atoms with Crippen LogP contribution in [0.4, 0.5) is 0 Å². The van der Waals surface area contributed by atoms with E-state index >= 15 is 0 Å². The Labute approximate surface area is 101 Å². The zero-order valence-electron chi connectivity index (χ0n) is 9.15.